The molecular formula is C58H37NO. The average Bonchev–Trinajstić information content (AvgIpc) is 3.72. The van der Waals surface area contributed by atoms with Crippen LogP contribution < -0.4 is 4.90 Å². The number of hydrogen-bond donors (Lipinski definition) is 0. The number of furan rings is 1. The SMILES string of the molecule is c1ccc(-c2c(-c3ccccc3)c3cc(-c4ccc(N(c5ccc6ccccc6c5)c5cccc6c5oc5c7ccccc7ccc65)cc4)ccc3c3ccccc23)cc1. The lowest BCUT2D eigenvalue weighted by Crippen LogP contribution is -2.10. The van der Waals surface area contributed by atoms with E-state index in [-0.39, 0.29) is 0 Å². The number of benzene rings is 11. The van der Waals surface area contributed by atoms with E-state index < -0.39 is 0 Å². The van der Waals surface area contributed by atoms with Gasteiger partial charge in [0.05, 0.1) is 5.69 Å². The average molecular weight is 764 g/mol. The maximum absolute atomic E-state index is 6.92. The molecule has 0 saturated carbocycles. The normalized spacial score (nSPS) is 11.7. The molecule has 0 atom stereocenters. The Balaban J connectivity index is 1.05. The van der Waals surface area contributed by atoms with Crippen molar-refractivity contribution in [1.82, 2.24) is 0 Å². The van der Waals surface area contributed by atoms with Crippen LogP contribution in [0.2, 0.25) is 0 Å². The van der Waals surface area contributed by atoms with Gasteiger partial charge in [0.15, 0.2) is 5.58 Å². The van der Waals surface area contributed by atoms with Gasteiger partial charge in [-0.05, 0) is 114 Å². The first-order valence-corrected chi connectivity index (χ1v) is 20.6. The van der Waals surface area contributed by atoms with E-state index in [4.69, 9.17) is 4.42 Å². The van der Waals surface area contributed by atoms with Gasteiger partial charge in [0.2, 0.25) is 0 Å². The first kappa shape index (κ1) is 34.1. The van der Waals surface area contributed by atoms with Crippen LogP contribution in [0.15, 0.2) is 229 Å². The highest BCUT2D eigenvalue weighted by Crippen LogP contribution is 2.47. The smallest absolute Gasteiger partial charge is 0.159 e. The molecule has 0 fully saturated rings. The molecule has 2 nitrogen and oxygen atoms in total. The van der Waals surface area contributed by atoms with Crippen LogP contribution in [-0.4, -0.2) is 0 Å². The lowest BCUT2D eigenvalue weighted by Gasteiger charge is -2.26. The minimum atomic E-state index is 0.866. The molecule has 12 aromatic rings. The number of fused-ring (bicyclic) bond motifs is 9. The van der Waals surface area contributed by atoms with Crippen LogP contribution >= 0.6 is 0 Å². The van der Waals surface area contributed by atoms with Crippen molar-refractivity contribution in [2.75, 3.05) is 4.90 Å². The van der Waals surface area contributed by atoms with E-state index >= 15 is 0 Å². The van der Waals surface area contributed by atoms with Gasteiger partial charge in [0, 0.05) is 27.5 Å². The molecule has 0 amide bonds. The van der Waals surface area contributed by atoms with Gasteiger partial charge in [-0.1, -0.05) is 182 Å². The summed E-state index contributed by atoms with van der Waals surface area (Å²) in [6.07, 6.45) is 0. The molecule has 1 aromatic heterocycles. The summed E-state index contributed by atoms with van der Waals surface area (Å²) in [6.45, 7) is 0. The predicted molar refractivity (Wildman–Crippen MR) is 255 cm³/mol. The molecule has 2 heteroatoms. The molecule has 1 heterocycles. The fraction of sp³-hybridized carbons (Fsp3) is 0. The summed E-state index contributed by atoms with van der Waals surface area (Å²) < 4.78 is 6.92. The van der Waals surface area contributed by atoms with Crippen molar-refractivity contribution in [3.05, 3.63) is 224 Å². The molecule has 0 N–H and O–H groups in total. The van der Waals surface area contributed by atoms with Gasteiger partial charge in [-0.15, -0.1) is 0 Å². The molecule has 11 aromatic carbocycles. The largest absolute Gasteiger partial charge is 0.453 e. The third-order valence-corrected chi connectivity index (χ3v) is 12.2. The van der Waals surface area contributed by atoms with Crippen LogP contribution in [-0.2, 0) is 0 Å². The Bertz CT molecular complexity index is 3590. The summed E-state index contributed by atoms with van der Waals surface area (Å²) in [5.74, 6) is 0. The molecular weight excluding hydrogens is 727 g/mol. The maximum Gasteiger partial charge on any atom is 0.159 e. The number of nitrogens with zero attached hydrogens (tertiary/aromatic N) is 1. The van der Waals surface area contributed by atoms with Gasteiger partial charge in [0.25, 0.3) is 0 Å². The Morgan fingerprint density at radius 3 is 1.57 bits per heavy atom. The highest BCUT2D eigenvalue weighted by atomic mass is 16.3. The molecule has 12 rings (SSSR count). The predicted octanol–water partition coefficient (Wildman–Crippen LogP) is 16.7. The summed E-state index contributed by atoms with van der Waals surface area (Å²) in [7, 11) is 0. The fourth-order valence-corrected chi connectivity index (χ4v) is 9.41. The minimum absolute atomic E-state index is 0.866. The van der Waals surface area contributed by atoms with Gasteiger partial charge < -0.3 is 9.32 Å². The first-order chi connectivity index (χ1) is 29.8. The lowest BCUT2D eigenvalue weighted by atomic mass is 9.84. The summed E-state index contributed by atoms with van der Waals surface area (Å²) in [6, 6.07) is 81.2. The molecule has 0 aliphatic heterocycles. The Morgan fingerprint density at radius 2 is 0.800 bits per heavy atom. The van der Waals surface area contributed by atoms with Crippen molar-refractivity contribution >= 4 is 82.1 Å². The summed E-state index contributed by atoms with van der Waals surface area (Å²) in [4.78, 5) is 2.34. The standard InChI is InChI=1S/C58H37NO/c1-3-16-41(17-4-1)55-50-23-12-11-22-48(50)49-34-30-44(37-53(49)56(55)42-18-5-2-6-19-42)39-26-31-45(32-27-39)59(46-33-28-38-14-7-8-20-43(38)36-46)54-25-13-24-51-52-35-29-40-15-9-10-21-47(40)57(52)60-58(51)54/h1-37H. The highest BCUT2D eigenvalue weighted by molar-refractivity contribution is 6.22. The monoisotopic (exact) mass is 763 g/mol. The number of rotatable bonds is 6. The van der Waals surface area contributed by atoms with E-state index in [9.17, 15) is 0 Å². The molecule has 280 valence electrons. The van der Waals surface area contributed by atoms with Crippen molar-refractivity contribution in [2.24, 2.45) is 0 Å². The van der Waals surface area contributed by atoms with Crippen molar-refractivity contribution in [3.8, 4) is 33.4 Å². The van der Waals surface area contributed by atoms with Gasteiger partial charge in [0.1, 0.15) is 5.58 Å². The number of hydrogen-bond acceptors (Lipinski definition) is 2. The zero-order valence-corrected chi connectivity index (χ0v) is 32.7. The van der Waals surface area contributed by atoms with E-state index in [0.717, 1.165) is 50.0 Å². The van der Waals surface area contributed by atoms with Crippen LogP contribution in [0.1, 0.15) is 0 Å². The Morgan fingerprint density at radius 1 is 0.267 bits per heavy atom. The van der Waals surface area contributed by atoms with Gasteiger partial charge in [-0.2, -0.15) is 0 Å². The minimum Gasteiger partial charge on any atom is -0.453 e. The van der Waals surface area contributed by atoms with Crippen molar-refractivity contribution < 1.29 is 4.42 Å². The first-order valence-electron chi connectivity index (χ1n) is 20.6. The molecule has 0 saturated heterocycles. The second-order valence-electron chi connectivity index (χ2n) is 15.6. The van der Waals surface area contributed by atoms with Gasteiger partial charge >= 0.3 is 0 Å². The Kier molecular flexibility index (Phi) is 7.89. The van der Waals surface area contributed by atoms with Crippen LogP contribution in [0.5, 0.6) is 0 Å². The van der Waals surface area contributed by atoms with E-state index in [1.165, 1.54) is 65.5 Å². The Hall–Kier alpha value is -7.94. The van der Waals surface area contributed by atoms with E-state index in [0.29, 0.717) is 0 Å². The highest BCUT2D eigenvalue weighted by Gasteiger charge is 2.22. The maximum atomic E-state index is 6.92. The molecule has 0 aliphatic rings. The summed E-state index contributed by atoms with van der Waals surface area (Å²) in [5, 5.41) is 11.9. The Labute approximate surface area is 347 Å². The van der Waals surface area contributed by atoms with Crippen LogP contribution in [0, 0.1) is 0 Å². The number of anilines is 3. The summed E-state index contributed by atoms with van der Waals surface area (Å²) >= 11 is 0. The molecule has 0 aliphatic carbocycles. The molecule has 0 unspecified atom stereocenters. The third-order valence-electron chi connectivity index (χ3n) is 12.2. The second-order valence-corrected chi connectivity index (χ2v) is 15.6. The quantitative estimate of drug-likeness (QED) is 0.157. The van der Waals surface area contributed by atoms with Gasteiger partial charge in [-0.3, -0.25) is 0 Å². The summed E-state index contributed by atoms with van der Waals surface area (Å²) in [5.41, 5.74) is 12.2. The topological polar surface area (TPSA) is 16.4 Å². The second kappa shape index (κ2) is 13.9. The zero-order valence-electron chi connectivity index (χ0n) is 32.7. The van der Waals surface area contributed by atoms with Crippen molar-refractivity contribution in [2.45, 2.75) is 0 Å². The third kappa shape index (κ3) is 5.50. The fourth-order valence-electron chi connectivity index (χ4n) is 9.41. The molecule has 0 radical (unpaired) electrons. The van der Waals surface area contributed by atoms with E-state index in [2.05, 4.69) is 229 Å². The van der Waals surface area contributed by atoms with Crippen LogP contribution in [0.4, 0.5) is 17.1 Å². The van der Waals surface area contributed by atoms with Gasteiger partial charge in [-0.25, -0.2) is 0 Å². The van der Waals surface area contributed by atoms with Crippen LogP contribution in [0.3, 0.4) is 0 Å². The molecule has 60 heavy (non-hydrogen) atoms. The number of para-hydroxylation sites is 1. The van der Waals surface area contributed by atoms with E-state index in [1.54, 1.807) is 0 Å². The van der Waals surface area contributed by atoms with Crippen molar-refractivity contribution in [3.63, 3.8) is 0 Å². The van der Waals surface area contributed by atoms with Crippen molar-refractivity contribution in [1.29, 1.82) is 0 Å². The molecule has 0 bridgehead atoms. The molecule has 0 spiro atoms. The van der Waals surface area contributed by atoms with E-state index in [1.807, 2.05) is 0 Å². The zero-order chi connectivity index (χ0) is 39.6. The van der Waals surface area contributed by atoms with Crippen LogP contribution in [0.25, 0.3) is 98.4 Å². The lowest BCUT2D eigenvalue weighted by molar-refractivity contribution is 0.673.